The largest absolute Gasteiger partial charge is 0.493 e. The fraction of sp³-hybridized carbons (Fsp3) is 0.227. The zero-order chi connectivity index (χ0) is 21.8. The van der Waals surface area contributed by atoms with Gasteiger partial charge in [-0.15, -0.1) is 0 Å². The maximum absolute atomic E-state index is 13.3. The third-order valence-corrected chi connectivity index (χ3v) is 4.89. The minimum Gasteiger partial charge on any atom is -0.493 e. The van der Waals surface area contributed by atoms with Crippen LogP contribution < -0.4 is 19.7 Å². The Morgan fingerprint density at radius 1 is 1.20 bits per heavy atom. The number of halogens is 1. The summed E-state index contributed by atoms with van der Waals surface area (Å²) in [5, 5.41) is 2.43. The fourth-order valence-electron chi connectivity index (χ4n) is 2.86. The van der Waals surface area contributed by atoms with E-state index in [0.717, 1.165) is 11.3 Å². The number of nitrogens with zero attached hydrogens (tertiary/aromatic N) is 1. The minimum absolute atomic E-state index is 0.0736. The highest BCUT2D eigenvalue weighted by atomic mass is 32.1. The number of amides is 2. The molecule has 0 aromatic heterocycles. The van der Waals surface area contributed by atoms with Crippen LogP contribution in [0.1, 0.15) is 25.8 Å². The molecule has 0 aliphatic carbocycles. The molecule has 0 radical (unpaired) electrons. The third kappa shape index (κ3) is 4.33. The summed E-state index contributed by atoms with van der Waals surface area (Å²) in [6, 6.07) is 10.5. The highest BCUT2D eigenvalue weighted by Gasteiger charge is 2.34. The highest BCUT2D eigenvalue weighted by Crippen LogP contribution is 2.34. The molecule has 3 rings (SSSR count). The molecule has 1 fully saturated rings. The number of thiocarbonyl (C=S) groups is 1. The first-order chi connectivity index (χ1) is 14.3. The van der Waals surface area contributed by atoms with Crippen molar-refractivity contribution in [3.8, 4) is 11.5 Å². The van der Waals surface area contributed by atoms with Gasteiger partial charge in [0.1, 0.15) is 11.4 Å². The first-order valence-corrected chi connectivity index (χ1v) is 9.77. The van der Waals surface area contributed by atoms with E-state index in [4.69, 9.17) is 21.7 Å². The van der Waals surface area contributed by atoms with Crippen molar-refractivity contribution in [3.63, 3.8) is 0 Å². The maximum atomic E-state index is 13.3. The van der Waals surface area contributed by atoms with Gasteiger partial charge in [0.15, 0.2) is 16.6 Å². The summed E-state index contributed by atoms with van der Waals surface area (Å²) in [6.45, 7) is 3.90. The quantitative estimate of drug-likeness (QED) is 0.430. The lowest BCUT2D eigenvalue weighted by molar-refractivity contribution is -0.122. The molecular formula is C22H21FN2O4S. The number of hydrogen-bond donors (Lipinski definition) is 1. The van der Waals surface area contributed by atoms with Crippen LogP contribution in [0.25, 0.3) is 6.08 Å². The Kier molecular flexibility index (Phi) is 6.47. The van der Waals surface area contributed by atoms with Gasteiger partial charge in [-0.1, -0.05) is 19.1 Å². The Morgan fingerprint density at radius 2 is 1.90 bits per heavy atom. The maximum Gasteiger partial charge on any atom is 0.270 e. The van der Waals surface area contributed by atoms with Gasteiger partial charge in [0, 0.05) is 5.56 Å². The number of nitrogens with one attached hydrogen (secondary N) is 1. The first kappa shape index (κ1) is 21.4. The summed E-state index contributed by atoms with van der Waals surface area (Å²) in [5.74, 6) is -0.770. The second-order valence-electron chi connectivity index (χ2n) is 6.65. The summed E-state index contributed by atoms with van der Waals surface area (Å²) < 4.78 is 24.6. The molecule has 1 heterocycles. The van der Waals surface area contributed by atoms with Crippen molar-refractivity contribution < 1.29 is 23.5 Å². The molecule has 156 valence electrons. The van der Waals surface area contributed by atoms with Crippen molar-refractivity contribution in [1.82, 2.24) is 5.32 Å². The number of hydrogen-bond acceptors (Lipinski definition) is 5. The molecule has 30 heavy (non-hydrogen) atoms. The lowest BCUT2D eigenvalue weighted by Gasteiger charge is -2.29. The van der Waals surface area contributed by atoms with Crippen molar-refractivity contribution in [1.29, 1.82) is 0 Å². The summed E-state index contributed by atoms with van der Waals surface area (Å²) in [6.07, 6.45) is 2.11. The van der Waals surface area contributed by atoms with Crippen molar-refractivity contribution in [3.05, 3.63) is 59.4 Å². The van der Waals surface area contributed by atoms with Crippen molar-refractivity contribution in [2.45, 2.75) is 26.4 Å². The Labute approximate surface area is 179 Å². The monoisotopic (exact) mass is 428 g/mol. The molecular weight excluding hydrogens is 407 g/mol. The Bertz CT molecular complexity index is 1020. The lowest BCUT2D eigenvalue weighted by atomic mass is 10.1. The molecule has 0 saturated carbocycles. The van der Waals surface area contributed by atoms with Crippen LogP contribution in [0.5, 0.6) is 11.5 Å². The van der Waals surface area contributed by atoms with E-state index in [9.17, 15) is 14.0 Å². The van der Waals surface area contributed by atoms with Crippen LogP contribution in [0.2, 0.25) is 0 Å². The minimum atomic E-state index is -0.624. The lowest BCUT2D eigenvalue weighted by Crippen LogP contribution is -2.54. The van der Waals surface area contributed by atoms with Gasteiger partial charge in [0.2, 0.25) is 0 Å². The van der Waals surface area contributed by atoms with E-state index in [-0.39, 0.29) is 16.8 Å². The number of para-hydroxylation sites is 1. The van der Waals surface area contributed by atoms with Gasteiger partial charge in [0.25, 0.3) is 11.8 Å². The molecule has 0 spiro atoms. The van der Waals surface area contributed by atoms with E-state index >= 15 is 0 Å². The van der Waals surface area contributed by atoms with Gasteiger partial charge in [0.05, 0.1) is 18.9 Å². The van der Waals surface area contributed by atoms with Crippen LogP contribution in [-0.4, -0.2) is 30.1 Å². The average Bonchev–Trinajstić information content (AvgIpc) is 2.73. The number of benzene rings is 2. The third-order valence-electron chi connectivity index (χ3n) is 4.61. The molecule has 1 atom stereocenters. The van der Waals surface area contributed by atoms with Gasteiger partial charge in [-0.2, -0.15) is 0 Å². The molecule has 1 aliphatic heterocycles. The Hall–Kier alpha value is -3.26. The number of anilines is 1. The number of ether oxygens (including phenoxy) is 2. The predicted molar refractivity (Wildman–Crippen MR) is 116 cm³/mol. The van der Waals surface area contributed by atoms with Gasteiger partial charge in [-0.3, -0.25) is 19.8 Å². The highest BCUT2D eigenvalue weighted by molar-refractivity contribution is 7.80. The first-order valence-electron chi connectivity index (χ1n) is 9.36. The molecule has 2 amide bonds. The molecule has 1 N–H and O–H groups in total. The van der Waals surface area contributed by atoms with E-state index in [1.54, 1.807) is 18.2 Å². The van der Waals surface area contributed by atoms with Crippen molar-refractivity contribution >= 4 is 40.9 Å². The number of carbonyl (C=O) groups excluding carboxylic acids is 2. The average molecular weight is 428 g/mol. The van der Waals surface area contributed by atoms with Crippen LogP contribution in [0.15, 0.2) is 48.0 Å². The van der Waals surface area contributed by atoms with Crippen LogP contribution in [-0.2, 0) is 9.59 Å². The molecule has 2 aromatic rings. The van der Waals surface area contributed by atoms with Crippen LogP contribution in [0.3, 0.4) is 0 Å². The zero-order valence-electron chi connectivity index (χ0n) is 16.8. The molecule has 2 aromatic carbocycles. The van der Waals surface area contributed by atoms with E-state index in [2.05, 4.69) is 5.32 Å². The van der Waals surface area contributed by atoms with E-state index in [1.165, 1.54) is 37.5 Å². The summed E-state index contributed by atoms with van der Waals surface area (Å²) >= 11 is 5.16. The van der Waals surface area contributed by atoms with Crippen molar-refractivity contribution in [2.75, 3.05) is 12.0 Å². The number of methoxy groups -OCH3 is 1. The summed E-state index contributed by atoms with van der Waals surface area (Å²) in [4.78, 5) is 26.8. The Morgan fingerprint density at radius 3 is 2.53 bits per heavy atom. The topological polar surface area (TPSA) is 67.9 Å². The smallest absolute Gasteiger partial charge is 0.270 e. The number of rotatable bonds is 6. The zero-order valence-corrected chi connectivity index (χ0v) is 17.6. The predicted octanol–water partition coefficient (Wildman–Crippen LogP) is 3.84. The standard InChI is InChI=1S/C22H21FN2O4S/c1-4-13(2)29-19-14(6-5-7-18(19)28-3)12-17-20(26)24-22(30)25(21(17)27)16-10-8-15(23)9-11-16/h5-13H,4H2,1-3H3,(H,24,26,30)/b17-12+/t13-/m1/s1. The van der Waals surface area contributed by atoms with Crippen molar-refractivity contribution in [2.24, 2.45) is 0 Å². The second kappa shape index (κ2) is 9.04. The molecule has 1 aliphatic rings. The fourth-order valence-corrected chi connectivity index (χ4v) is 3.14. The second-order valence-corrected chi connectivity index (χ2v) is 7.04. The SMILES string of the molecule is CC[C@@H](C)Oc1c(/C=C2\C(=O)NC(=S)N(c3ccc(F)cc3)C2=O)cccc1OC. The molecule has 1 saturated heterocycles. The van der Waals surface area contributed by atoms with E-state index < -0.39 is 17.6 Å². The molecule has 8 heteroatoms. The van der Waals surface area contributed by atoms with Gasteiger partial charge in [-0.25, -0.2) is 4.39 Å². The molecule has 6 nitrogen and oxygen atoms in total. The van der Waals surface area contributed by atoms with Gasteiger partial charge in [-0.05, 0) is 62.0 Å². The molecule has 0 bridgehead atoms. The summed E-state index contributed by atoms with van der Waals surface area (Å²) in [5.41, 5.74) is 0.731. The van der Waals surface area contributed by atoms with Crippen LogP contribution in [0.4, 0.5) is 10.1 Å². The van der Waals surface area contributed by atoms with E-state index in [0.29, 0.717) is 22.7 Å². The van der Waals surface area contributed by atoms with Crippen LogP contribution >= 0.6 is 12.2 Å². The summed E-state index contributed by atoms with van der Waals surface area (Å²) in [7, 11) is 1.52. The van der Waals surface area contributed by atoms with Gasteiger partial charge < -0.3 is 9.47 Å². The van der Waals surface area contributed by atoms with Crippen LogP contribution in [0, 0.1) is 5.82 Å². The van der Waals surface area contributed by atoms with E-state index in [1.807, 2.05) is 13.8 Å². The number of carbonyl (C=O) groups is 2. The molecule has 0 unspecified atom stereocenters. The van der Waals surface area contributed by atoms with Gasteiger partial charge >= 0.3 is 0 Å². The Balaban J connectivity index is 2.05. The normalized spacial score (nSPS) is 16.5.